The van der Waals surface area contributed by atoms with Gasteiger partial charge in [0.25, 0.3) is 0 Å². The summed E-state index contributed by atoms with van der Waals surface area (Å²) in [5.41, 5.74) is 0. The number of hydrogen-bond acceptors (Lipinski definition) is 5. The maximum atomic E-state index is 11.6. The maximum Gasteiger partial charge on any atom is 0.229 e. The molecule has 0 aromatic rings. The van der Waals surface area contributed by atoms with Gasteiger partial charge in [-0.05, 0) is 80.5 Å². The molecule has 9 nitrogen and oxygen atoms in total. The van der Waals surface area contributed by atoms with Gasteiger partial charge in [0.2, 0.25) is 23.6 Å². The van der Waals surface area contributed by atoms with Gasteiger partial charge in [0.05, 0.1) is 0 Å². The summed E-state index contributed by atoms with van der Waals surface area (Å²) in [6.45, 7) is 19.0. The minimum absolute atomic E-state index is 0.0278. The first-order valence-corrected chi connectivity index (χ1v) is 16.0. The minimum atomic E-state index is -1.85. The van der Waals surface area contributed by atoms with Crippen LogP contribution in [0.25, 0.3) is 0 Å². The second-order valence-corrected chi connectivity index (χ2v) is 13.8. The molecule has 4 saturated heterocycles. The quantitative estimate of drug-likeness (QED) is 0.391. The van der Waals surface area contributed by atoms with E-state index in [-0.39, 0.29) is 17.9 Å². The SMILES string of the molecule is C=S1(=O)CCCN1C(C)C.CC(C)N1C(=O)CCC1=O.CC(C)N1CCCC1=O.CC(C)N1CCCC1=O. The molecule has 4 fully saturated rings. The van der Waals surface area contributed by atoms with E-state index in [0.29, 0.717) is 42.8 Å². The van der Waals surface area contributed by atoms with Crippen LogP contribution in [0.3, 0.4) is 0 Å². The highest BCUT2D eigenvalue weighted by Gasteiger charge is 2.30. The van der Waals surface area contributed by atoms with Gasteiger partial charge in [0.15, 0.2) is 0 Å². The standard InChI is InChI=1S/C7H11NO2.C7H15NOS.2C7H13NO/c1-5(2)8-6(9)3-4-7(8)10;1-7(2)8-5-4-6-10(8,3)9;2*1-6(2)8-5-3-4-7(8)9/h5H,3-4H2,1-2H3;7H,3-6H2,1-2H3;2*6H,3-5H2,1-2H3. The lowest BCUT2D eigenvalue weighted by molar-refractivity contribution is -0.140. The molecule has 0 aromatic carbocycles. The first-order chi connectivity index (χ1) is 17.6. The molecule has 0 radical (unpaired) electrons. The van der Waals surface area contributed by atoms with Gasteiger partial charge in [-0.2, -0.15) is 0 Å². The number of rotatable bonds is 4. The van der Waals surface area contributed by atoms with Crippen molar-refractivity contribution in [2.45, 2.75) is 125 Å². The van der Waals surface area contributed by atoms with Crippen molar-refractivity contribution in [1.29, 1.82) is 0 Å². The first-order valence-electron chi connectivity index (χ1n) is 14.2. The number of imide groups is 1. The molecule has 0 N–H and O–H groups in total. The number of hydrogen-bond donors (Lipinski definition) is 0. The Kier molecular flexibility index (Phi) is 14.0. The Morgan fingerprint density at radius 1 is 0.579 bits per heavy atom. The van der Waals surface area contributed by atoms with Gasteiger partial charge in [-0.15, -0.1) is 0 Å². The molecule has 220 valence electrons. The van der Waals surface area contributed by atoms with E-state index in [0.717, 1.165) is 57.5 Å². The molecule has 0 aliphatic carbocycles. The molecule has 4 aliphatic heterocycles. The largest absolute Gasteiger partial charge is 0.340 e. The van der Waals surface area contributed by atoms with Gasteiger partial charge in [-0.25, -0.2) is 4.31 Å². The molecular formula is C28H52N4O5S. The fraction of sp³-hybridized carbons (Fsp3) is 0.821. The highest BCUT2D eigenvalue weighted by Crippen LogP contribution is 2.16. The van der Waals surface area contributed by atoms with Crippen LogP contribution in [0.4, 0.5) is 0 Å². The zero-order valence-corrected chi connectivity index (χ0v) is 25.8. The van der Waals surface area contributed by atoms with Gasteiger partial charge >= 0.3 is 0 Å². The zero-order valence-electron chi connectivity index (χ0n) is 25.0. The Hall–Kier alpha value is -1.94. The molecule has 4 amide bonds. The second-order valence-electron chi connectivity index (χ2n) is 11.4. The van der Waals surface area contributed by atoms with Crippen molar-refractivity contribution in [2.24, 2.45) is 0 Å². The van der Waals surface area contributed by atoms with Crippen molar-refractivity contribution >= 4 is 39.2 Å². The van der Waals surface area contributed by atoms with Crippen LogP contribution >= 0.6 is 0 Å². The van der Waals surface area contributed by atoms with Gasteiger partial charge in [-0.3, -0.25) is 28.3 Å². The third-order valence-corrected chi connectivity index (χ3v) is 9.30. The lowest BCUT2D eigenvalue weighted by Crippen LogP contribution is -2.35. The summed E-state index contributed by atoms with van der Waals surface area (Å²) in [4.78, 5) is 48.9. The second kappa shape index (κ2) is 15.6. The molecule has 0 saturated carbocycles. The molecule has 1 unspecified atom stereocenters. The Labute approximate surface area is 231 Å². The molecule has 38 heavy (non-hydrogen) atoms. The Bertz CT molecular complexity index is 862. The first kappa shape index (κ1) is 34.1. The zero-order chi connectivity index (χ0) is 29.2. The van der Waals surface area contributed by atoms with Crippen LogP contribution in [0.15, 0.2) is 0 Å². The van der Waals surface area contributed by atoms with Crippen LogP contribution in [0, 0.1) is 0 Å². The van der Waals surface area contributed by atoms with Crippen LogP contribution in [0.1, 0.15) is 100 Å². The number of carbonyl (C=O) groups is 4. The summed E-state index contributed by atoms with van der Waals surface area (Å²) in [6.07, 6.45) is 5.47. The van der Waals surface area contributed by atoms with Gasteiger partial charge in [-0.1, -0.05) is 0 Å². The number of nitrogens with zero attached hydrogens (tertiary/aromatic N) is 4. The summed E-state index contributed by atoms with van der Waals surface area (Å²) in [7, 11) is -1.85. The highest BCUT2D eigenvalue weighted by molar-refractivity contribution is 7.98. The smallest absolute Gasteiger partial charge is 0.229 e. The average molecular weight is 557 g/mol. The molecule has 10 heteroatoms. The van der Waals surface area contributed by atoms with Crippen LogP contribution < -0.4 is 0 Å². The molecule has 4 rings (SSSR count). The van der Waals surface area contributed by atoms with Crippen molar-refractivity contribution in [2.75, 3.05) is 25.4 Å². The lowest BCUT2D eigenvalue weighted by Gasteiger charge is -2.21. The third kappa shape index (κ3) is 10.3. The Morgan fingerprint density at radius 3 is 1.16 bits per heavy atom. The summed E-state index contributed by atoms with van der Waals surface area (Å²) >= 11 is 0. The normalized spacial score (nSPS) is 23.8. The fourth-order valence-electron chi connectivity index (χ4n) is 4.97. The predicted molar refractivity (Wildman–Crippen MR) is 155 cm³/mol. The molecular weight excluding hydrogens is 504 g/mol. The molecule has 0 aromatic heterocycles. The molecule has 4 heterocycles. The number of likely N-dealkylation sites (tertiary alicyclic amines) is 3. The van der Waals surface area contributed by atoms with Gasteiger partial charge in [0.1, 0.15) is 0 Å². The van der Waals surface area contributed by atoms with Crippen molar-refractivity contribution < 1.29 is 23.4 Å². The van der Waals surface area contributed by atoms with Crippen LogP contribution in [-0.4, -0.2) is 102 Å². The van der Waals surface area contributed by atoms with E-state index in [1.54, 1.807) is 0 Å². The summed E-state index contributed by atoms with van der Waals surface area (Å²) < 4.78 is 13.6. The summed E-state index contributed by atoms with van der Waals surface area (Å²) in [5.74, 6) is 5.10. The monoisotopic (exact) mass is 556 g/mol. The third-order valence-electron chi connectivity index (χ3n) is 6.92. The summed E-state index contributed by atoms with van der Waals surface area (Å²) in [5, 5.41) is 0. The van der Waals surface area contributed by atoms with Crippen molar-refractivity contribution in [1.82, 2.24) is 19.0 Å². The van der Waals surface area contributed by atoms with Crippen molar-refractivity contribution in [3.05, 3.63) is 0 Å². The van der Waals surface area contributed by atoms with Crippen LogP contribution in [0.2, 0.25) is 0 Å². The van der Waals surface area contributed by atoms with Gasteiger partial charge < -0.3 is 9.80 Å². The maximum absolute atomic E-state index is 11.6. The Balaban J connectivity index is 0.000000254. The van der Waals surface area contributed by atoms with E-state index < -0.39 is 9.71 Å². The lowest BCUT2D eigenvalue weighted by atomic mass is 10.3. The van der Waals surface area contributed by atoms with E-state index >= 15 is 0 Å². The average Bonchev–Trinajstić information content (AvgIpc) is 3.57. The number of amides is 4. The van der Waals surface area contributed by atoms with E-state index in [2.05, 4.69) is 47.4 Å². The van der Waals surface area contributed by atoms with Crippen molar-refractivity contribution in [3.63, 3.8) is 0 Å². The van der Waals surface area contributed by atoms with Crippen LogP contribution in [0.5, 0.6) is 0 Å². The predicted octanol–water partition coefficient (Wildman–Crippen LogP) is 3.31. The fourth-order valence-corrected chi connectivity index (χ4v) is 7.02. The van der Waals surface area contributed by atoms with E-state index in [4.69, 9.17) is 0 Å². The Morgan fingerprint density at radius 2 is 1.00 bits per heavy atom. The van der Waals surface area contributed by atoms with E-state index in [9.17, 15) is 23.4 Å². The molecule has 1 atom stereocenters. The minimum Gasteiger partial charge on any atom is -0.340 e. The van der Waals surface area contributed by atoms with Gasteiger partial charge in [0, 0.05) is 84.9 Å². The van der Waals surface area contributed by atoms with E-state index in [1.807, 2.05) is 28.0 Å². The topological polar surface area (TPSA) is 98.3 Å². The molecule has 4 aliphatic rings. The summed E-state index contributed by atoms with van der Waals surface area (Å²) in [6, 6.07) is 1.22. The van der Waals surface area contributed by atoms with Crippen LogP contribution in [-0.2, 0) is 28.9 Å². The van der Waals surface area contributed by atoms with E-state index in [1.165, 1.54) is 4.90 Å². The molecule has 0 spiro atoms. The molecule has 0 bridgehead atoms. The number of carbonyl (C=O) groups excluding carboxylic acids is 4. The van der Waals surface area contributed by atoms with Crippen molar-refractivity contribution in [3.8, 4) is 0 Å². The highest BCUT2D eigenvalue weighted by atomic mass is 32.2.